The average Bonchev–Trinajstić information content (AvgIpc) is 2.28. The SMILES string of the molecule is COCCC(C)NCc1cccc(O)c1O. The number of ether oxygens (including phenoxy) is 1. The van der Waals surface area contributed by atoms with Crippen molar-refractivity contribution in [1.82, 2.24) is 5.32 Å². The number of phenols is 2. The van der Waals surface area contributed by atoms with Gasteiger partial charge in [-0.05, 0) is 19.4 Å². The molecule has 0 spiro atoms. The van der Waals surface area contributed by atoms with Crippen LogP contribution in [0.15, 0.2) is 18.2 Å². The minimum absolute atomic E-state index is 0.0473. The molecule has 3 N–H and O–H groups in total. The molecule has 0 aromatic heterocycles. The van der Waals surface area contributed by atoms with E-state index in [1.54, 1.807) is 19.2 Å². The lowest BCUT2D eigenvalue weighted by atomic mass is 10.1. The van der Waals surface area contributed by atoms with Crippen molar-refractivity contribution in [3.05, 3.63) is 23.8 Å². The topological polar surface area (TPSA) is 61.7 Å². The molecule has 1 unspecified atom stereocenters. The smallest absolute Gasteiger partial charge is 0.161 e. The number of para-hydroxylation sites is 1. The zero-order valence-corrected chi connectivity index (χ0v) is 9.73. The lowest BCUT2D eigenvalue weighted by Crippen LogP contribution is -2.26. The third-order valence-corrected chi connectivity index (χ3v) is 2.49. The molecule has 0 radical (unpaired) electrons. The van der Waals surface area contributed by atoms with Crippen LogP contribution in [0.5, 0.6) is 11.5 Å². The lowest BCUT2D eigenvalue weighted by Gasteiger charge is -2.14. The molecule has 0 saturated carbocycles. The highest BCUT2D eigenvalue weighted by molar-refractivity contribution is 5.44. The van der Waals surface area contributed by atoms with Crippen LogP contribution < -0.4 is 5.32 Å². The first-order valence-corrected chi connectivity index (χ1v) is 5.37. The summed E-state index contributed by atoms with van der Waals surface area (Å²) in [5.41, 5.74) is 0.698. The highest BCUT2D eigenvalue weighted by atomic mass is 16.5. The standard InChI is InChI=1S/C12H19NO3/c1-9(6-7-16-2)13-8-10-4-3-5-11(14)12(10)15/h3-5,9,13-15H,6-8H2,1-2H3. The molecule has 90 valence electrons. The van der Waals surface area contributed by atoms with E-state index in [0.717, 1.165) is 6.42 Å². The van der Waals surface area contributed by atoms with Crippen LogP contribution in [0.3, 0.4) is 0 Å². The van der Waals surface area contributed by atoms with E-state index in [1.807, 2.05) is 0 Å². The predicted molar refractivity (Wildman–Crippen MR) is 62.6 cm³/mol. The van der Waals surface area contributed by atoms with Crippen molar-refractivity contribution < 1.29 is 14.9 Å². The van der Waals surface area contributed by atoms with Gasteiger partial charge in [-0.3, -0.25) is 0 Å². The fourth-order valence-corrected chi connectivity index (χ4v) is 1.40. The summed E-state index contributed by atoms with van der Waals surface area (Å²) in [5.74, 6) is -0.127. The molecule has 0 aliphatic carbocycles. The summed E-state index contributed by atoms with van der Waals surface area (Å²) in [6.45, 7) is 3.30. The van der Waals surface area contributed by atoms with Gasteiger partial charge in [0.2, 0.25) is 0 Å². The Kier molecular flexibility index (Phi) is 5.08. The number of nitrogens with one attached hydrogen (secondary N) is 1. The molecule has 4 heteroatoms. The third-order valence-electron chi connectivity index (χ3n) is 2.49. The second-order valence-corrected chi connectivity index (χ2v) is 3.85. The van der Waals surface area contributed by atoms with Crippen molar-refractivity contribution in [3.8, 4) is 11.5 Å². The van der Waals surface area contributed by atoms with Gasteiger partial charge in [-0.2, -0.15) is 0 Å². The normalized spacial score (nSPS) is 12.6. The third kappa shape index (κ3) is 3.72. The van der Waals surface area contributed by atoms with E-state index in [4.69, 9.17) is 4.74 Å². The summed E-state index contributed by atoms with van der Waals surface area (Å²) in [6.07, 6.45) is 0.913. The van der Waals surface area contributed by atoms with Gasteiger partial charge >= 0.3 is 0 Å². The number of hydrogen-bond donors (Lipinski definition) is 3. The summed E-state index contributed by atoms with van der Waals surface area (Å²) in [7, 11) is 1.67. The zero-order chi connectivity index (χ0) is 12.0. The van der Waals surface area contributed by atoms with Crippen LogP contribution >= 0.6 is 0 Å². The lowest BCUT2D eigenvalue weighted by molar-refractivity contribution is 0.184. The van der Waals surface area contributed by atoms with Crippen molar-refractivity contribution >= 4 is 0 Å². The molecule has 0 saturated heterocycles. The molecule has 16 heavy (non-hydrogen) atoms. The molecule has 1 aromatic carbocycles. The number of phenolic OH excluding ortho intramolecular Hbond substituents is 2. The molecular formula is C12H19NO3. The van der Waals surface area contributed by atoms with Gasteiger partial charge in [0.15, 0.2) is 11.5 Å². The first-order valence-electron chi connectivity index (χ1n) is 5.37. The van der Waals surface area contributed by atoms with Crippen molar-refractivity contribution in [1.29, 1.82) is 0 Å². The Balaban J connectivity index is 2.45. The summed E-state index contributed by atoms with van der Waals surface area (Å²) in [4.78, 5) is 0. The van der Waals surface area contributed by atoms with Gasteiger partial charge in [0.1, 0.15) is 0 Å². The number of methoxy groups -OCH3 is 1. The van der Waals surface area contributed by atoms with E-state index < -0.39 is 0 Å². The summed E-state index contributed by atoms with van der Waals surface area (Å²) in [6, 6.07) is 5.27. The van der Waals surface area contributed by atoms with Crippen molar-refractivity contribution in [2.75, 3.05) is 13.7 Å². The Bertz CT molecular complexity index is 328. The summed E-state index contributed by atoms with van der Waals surface area (Å²) in [5, 5.41) is 22.1. The monoisotopic (exact) mass is 225 g/mol. The van der Waals surface area contributed by atoms with E-state index >= 15 is 0 Å². The molecule has 4 nitrogen and oxygen atoms in total. The first kappa shape index (κ1) is 12.8. The Morgan fingerprint density at radius 1 is 1.38 bits per heavy atom. The summed E-state index contributed by atoms with van der Waals surface area (Å²) < 4.78 is 4.98. The van der Waals surface area contributed by atoms with E-state index in [2.05, 4.69) is 12.2 Å². The minimum Gasteiger partial charge on any atom is -0.504 e. The van der Waals surface area contributed by atoms with E-state index in [9.17, 15) is 10.2 Å². The van der Waals surface area contributed by atoms with Gasteiger partial charge in [-0.15, -0.1) is 0 Å². The van der Waals surface area contributed by atoms with E-state index in [1.165, 1.54) is 6.07 Å². The molecular weight excluding hydrogens is 206 g/mol. The molecule has 1 atom stereocenters. The van der Waals surface area contributed by atoms with Crippen LogP contribution in [-0.2, 0) is 11.3 Å². The van der Waals surface area contributed by atoms with Gasteiger partial charge in [0.05, 0.1) is 0 Å². The molecule has 0 bridgehead atoms. The summed E-state index contributed by atoms with van der Waals surface area (Å²) >= 11 is 0. The Morgan fingerprint density at radius 2 is 2.12 bits per heavy atom. The van der Waals surface area contributed by atoms with Gasteiger partial charge in [0, 0.05) is 31.9 Å². The molecule has 0 aliphatic rings. The first-order chi connectivity index (χ1) is 7.65. The second-order valence-electron chi connectivity index (χ2n) is 3.85. The van der Waals surface area contributed by atoms with Crippen LogP contribution in [0.4, 0.5) is 0 Å². The zero-order valence-electron chi connectivity index (χ0n) is 9.73. The van der Waals surface area contributed by atoms with Crippen molar-refractivity contribution in [2.45, 2.75) is 25.9 Å². The maximum atomic E-state index is 9.57. The maximum absolute atomic E-state index is 9.57. The van der Waals surface area contributed by atoms with Crippen LogP contribution in [-0.4, -0.2) is 30.0 Å². The van der Waals surface area contributed by atoms with Gasteiger partial charge in [-0.1, -0.05) is 12.1 Å². The van der Waals surface area contributed by atoms with Crippen LogP contribution in [0.25, 0.3) is 0 Å². The molecule has 0 amide bonds. The number of hydrogen-bond acceptors (Lipinski definition) is 4. The molecule has 0 aliphatic heterocycles. The minimum atomic E-state index is -0.0798. The van der Waals surface area contributed by atoms with Gasteiger partial charge in [0.25, 0.3) is 0 Å². The number of benzene rings is 1. The Hall–Kier alpha value is -1.26. The van der Waals surface area contributed by atoms with Crippen molar-refractivity contribution in [2.24, 2.45) is 0 Å². The Morgan fingerprint density at radius 3 is 2.81 bits per heavy atom. The quantitative estimate of drug-likeness (QED) is 0.644. The molecule has 0 fully saturated rings. The van der Waals surface area contributed by atoms with Crippen LogP contribution in [0.1, 0.15) is 18.9 Å². The molecule has 1 aromatic rings. The fraction of sp³-hybridized carbons (Fsp3) is 0.500. The second kappa shape index (κ2) is 6.35. The Labute approximate surface area is 95.9 Å². The predicted octanol–water partition coefficient (Wildman–Crippen LogP) is 1.61. The molecule has 0 heterocycles. The highest BCUT2D eigenvalue weighted by Gasteiger charge is 2.07. The number of rotatable bonds is 6. The van der Waals surface area contributed by atoms with E-state index in [-0.39, 0.29) is 11.5 Å². The maximum Gasteiger partial charge on any atom is 0.161 e. The molecule has 1 rings (SSSR count). The van der Waals surface area contributed by atoms with E-state index in [0.29, 0.717) is 24.8 Å². The van der Waals surface area contributed by atoms with Gasteiger partial charge in [-0.25, -0.2) is 0 Å². The van der Waals surface area contributed by atoms with Crippen LogP contribution in [0, 0.1) is 0 Å². The average molecular weight is 225 g/mol. The van der Waals surface area contributed by atoms with Crippen LogP contribution in [0.2, 0.25) is 0 Å². The fourth-order valence-electron chi connectivity index (χ4n) is 1.40. The van der Waals surface area contributed by atoms with Crippen molar-refractivity contribution in [3.63, 3.8) is 0 Å². The largest absolute Gasteiger partial charge is 0.504 e. The number of aromatic hydroxyl groups is 2. The highest BCUT2D eigenvalue weighted by Crippen LogP contribution is 2.27. The van der Waals surface area contributed by atoms with Gasteiger partial charge < -0.3 is 20.3 Å².